The van der Waals surface area contributed by atoms with Gasteiger partial charge in [0, 0.05) is 32.2 Å². The van der Waals surface area contributed by atoms with Gasteiger partial charge in [-0.25, -0.2) is 4.98 Å². The third-order valence-electron chi connectivity index (χ3n) is 6.53. The smallest absolute Gasteiger partial charge is 0.396 e. The van der Waals surface area contributed by atoms with Crippen molar-refractivity contribution in [2.45, 2.75) is 44.4 Å². The molecule has 0 saturated carbocycles. The van der Waals surface area contributed by atoms with E-state index in [0.717, 1.165) is 17.7 Å². The lowest BCUT2D eigenvalue weighted by atomic mass is 9.89. The number of hydrogen-bond donors (Lipinski definition) is 2. The molecule has 4 rings (SSSR count). The van der Waals surface area contributed by atoms with Crippen LogP contribution in [0.3, 0.4) is 0 Å². The minimum absolute atomic E-state index is 0.0603. The van der Waals surface area contributed by atoms with Crippen LogP contribution in [0.25, 0.3) is 11.0 Å². The molecule has 1 fully saturated rings. The summed E-state index contributed by atoms with van der Waals surface area (Å²) in [5, 5.41) is 11.9. The summed E-state index contributed by atoms with van der Waals surface area (Å²) >= 11 is 0. The number of aryl methyl sites for hydroxylation is 1. The van der Waals surface area contributed by atoms with E-state index in [2.05, 4.69) is 10.3 Å². The normalized spacial score (nSPS) is 18.6. The summed E-state index contributed by atoms with van der Waals surface area (Å²) in [6, 6.07) is 9.79. The topological polar surface area (TPSA) is 87.5 Å². The van der Waals surface area contributed by atoms with E-state index < -0.39 is 23.2 Å². The van der Waals surface area contributed by atoms with Crippen LogP contribution in [0.15, 0.2) is 42.5 Å². The first-order valence-electron chi connectivity index (χ1n) is 10.9. The monoisotopic (exact) mass is 474 g/mol. The van der Waals surface area contributed by atoms with Gasteiger partial charge in [-0.3, -0.25) is 14.9 Å². The van der Waals surface area contributed by atoms with Crippen LogP contribution in [-0.4, -0.2) is 45.0 Å². The number of likely N-dealkylation sites (tertiary alicyclic amines) is 1. The number of benzene rings is 2. The zero-order valence-corrected chi connectivity index (χ0v) is 18.8. The molecule has 2 aromatic carbocycles. The van der Waals surface area contributed by atoms with Gasteiger partial charge < -0.3 is 14.6 Å². The number of rotatable bonds is 6. The molecule has 0 unspecified atom stereocenters. The van der Waals surface area contributed by atoms with Crippen molar-refractivity contribution in [3.63, 3.8) is 0 Å². The highest BCUT2D eigenvalue weighted by molar-refractivity contribution is 6.04. The molecule has 2 amide bonds. The van der Waals surface area contributed by atoms with Crippen LogP contribution in [0.2, 0.25) is 0 Å². The lowest BCUT2D eigenvalue weighted by molar-refractivity contribution is -0.137. The summed E-state index contributed by atoms with van der Waals surface area (Å²) in [4.78, 5) is 31.1. The Morgan fingerprint density at radius 3 is 2.65 bits per heavy atom. The minimum atomic E-state index is -4.56. The number of hydrogen-bond acceptors (Lipinski definition) is 4. The molecule has 1 aliphatic rings. The molecular formula is C24H25F3N4O3. The lowest BCUT2D eigenvalue weighted by Gasteiger charge is -2.32. The minimum Gasteiger partial charge on any atom is -0.396 e. The van der Waals surface area contributed by atoms with Crippen molar-refractivity contribution in [1.29, 1.82) is 0 Å². The first kappa shape index (κ1) is 23.7. The van der Waals surface area contributed by atoms with Gasteiger partial charge in [-0.05, 0) is 55.7 Å². The van der Waals surface area contributed by atoms with Crippen molar-refractivity contribution in [1.82, 2.24) is 14.5 Å². The number of fused-ring (bicyclic) bond motifs is 1. The Labute approximate surface area is 194 Å². The molecule has 2 N–H and O–H groups in total. The van der Waals surface area contributed by atoms with Crippen LogP contribution in [0.1, 0.15) is 47.7 Å². The Balaban J connectivity index is 1.70. The quantitative estimate of drug-likeness (QED) is 0.562. The highest BCUT2D eigenvalue weighted by Crippen LogP contribution is 2.39. The van der Waals surface area contributed by atoms with Crippen molar-refractivity contribution >= 4 is 28.8 Å². The summed E-state index contributed by atoms with van der Waals surface area (Å²) in [7, 11) is 1.76. The van der Waals surface area contributed by atoms with Crippen LogP contribution >= 0.6 is 0 Å². The van der Waals surface area contributed by atoms with E-state index in [-0.39, 0.29) is 24.0 Å². The van der Waals surface area contributed by atoms with Gasteiger partial charge in [0.2, 0.25) is 11.9 Å². The number of nitrogens with one attached hydrogen (secondary N) is 1. The molecule has 2 heterocycles. The number of carbonyl (C=O) groups excluding carboxylic acids is 2. The summed E-state index contributed by atoms with van der Waals surface area (Å²) in [5.41, 5.74) is 0.630. The Morgan fingerprint density at radius 2 is 2.00 bits per heavy atom. The van der Waals surface area contributed by atoms with Crippen LogP contribution < -0.4 is 5.32 Å². The summed E-state index contributed by atoms with van der Waals surface area (Å²) in [6.45, 7) is 2.25. The van der Waals surface area contributed by atoms with Crippen molar-refractivity contribution in [3.05, 3.63) is 59.2 Å². The van der Waals surface area contributed by atoms with Crippen molar-refractivity contribution in [2.24, 2.45) is 0 Å². The van der Waals surface area contributed by atoms with Gasteiger partial charge in [-0.1, -0.05) is 12.1 Å². The highest BCUT2D eigenvalue weighted by atomic mass is 19.4. The number of alkyl halides is 3. The maximum atomic E-state index is 13.1. The second kappa shape index (κ2) is 8.75. The number of anilines is 1. The number of aromatic nitrogens is 2. The molecule has 1 aliphatic heterocycles. The Bertz CT molecular complexity index is 1250. The van der Waals surface area contributed by atoms with Gasteiger partial charge in [0.1, 0.15) is 0 Å². The predicted molar refractivity (Wildman–Crippen MR) is 120 cm³/mol. The average molecular weight is 474 g/mol. The molecule has 180 valence electrons. The molecule has 7 nitrogen and oxygen atoms in total. The molecule has 1 saturated heterocycles. The van der Waals surface area contributed by atoms with E-state index in [1.807, 2.05) is 25.1 Å². The summed E-state index contributed by atoms with van der Waals surface area (Å²) < 4.78 is 40.9. The highest BCUT2D eigenvalue weighted by Gasteiger charge is 2.40. The number of nitrogens with zero attached hydrogens (tertiary/aromatic N) is 3. The van der Waals surface area contributed by atoms with Crippen LogP contribution in [0.5, 0.6) is 0 Å². The number of aliphatic hydroxyl groups is 1. The molecule has 34 heavy (non-hydrogen) atoms. The van der Waals surface area contributed by atoms with Gasteiger partial charge in [-0.15, -0.1) is 0 Å². The Hall–Kier alpha value is -3.40. The van der Waals surface area contributed by atoms with Gasteiger partial charge in [0.05, 0.1) is 22.1 Å². The van der Waals surface area contributed by atoms with Crippen molar-refractivity contribution in [2.75, 3.05) is 19.0 Å². The second-order valence-electron chi connectivity index (χ2n) is 8.63. The van der Waals surface area contributed by atoms with E-state index in [9.17, 15) is 27.9 Å². The Morgan fingerprint density at radius 1 is 1.24 bits per heavy atom. The van der Waals surface area contributed by atoms with E-state index in [4.69, 9.17) is 0 Å². The van der Waals surface area contributed by atoms with Gasteiger partial charge in [0.15, 0.2) is 0 Å². The molecule has 0 bridgehead atoms. The van der Waals surface area contributed by atoms with E-state index >= 15 is 0 Å². The predicted octanol–water partition coefficient (Wildman–Crippen LogP) is 4.16. The molecule has 1 atom stereocenters. The van der Waals surface area contributed by atoms with Crippen molar-refractivity contribution < 1.29 is 27.9 Å². The first-order valence-corrected chi connectivity index (χ1v) is 10.9. The maximum Gasteiger partial charge on any atom is 0.416 e. The number of carbonyl (C=O) groups is 2. The number of halogens is 3. The van der Waals surface area contributed by atoms with Crippen molar-refractivity contribution in [3.8, 4) is 0 Å². The van der Waals surface area contributed by atoms with Crippen LogP contribution in [0.4, 0.5) is 19.1 Å². The third-order valence-corrected chi connectivity index (χ3v) is 6.53. The zero-order valence-electron chi connectivity index (χ0n) is 18.8. The molecule has 0 aliphatic carbocycles. The first-order chi connectivity index (χ1) is 16.0. The molecule has 10 heteroatoms. The second-order valence-corrected chi connectivity index (χ2v) is 8.63. The fourth-order valence-electron chi connectivity index (χ4n) is 4.32. The van der Waals surface area contributed by atoms with Crippen LogP contribution in [0, 0.1) is 0 Å². The molecular weight excluding hydrogens is 449 g/mol. The lowest BCUT2D eigenvalue weighted by Crippen LogP contribution is -2.37. The molecule has 3 aromatic rings. The maximum absolute atomic E-state index is 13.1. The van der Waals surface area contributed by atoms with Gasteiger partial charge >= 0.3 is 6.18 Å². The summed E-state index contributed by atoms with van der Waals surface area (Å²) in [6.07, 6.45) is -3.05. The molecule has 1 aromatic heterocycles. The van der Waals surface area contributed by atoms with Crippen LogP contribution in [-0.2, 0) is 23.1 Å². The SMILES string of the molecule is CN1C(=O)CC[C@]1(C)c1ccc2c(c1)nc(NC(=O)c1cccc(C(F)(F)F)c1)n2CCCO. The van der Waals surface area contributed by atoms with Gasteiger partial charge in [-0.2, -0.15) is 13.2 Å². The van der Waals surface area contributed by atoms with E-state index in [1.165, 1.54) is 12.1 Å². The van der Waals surface area contributed by atoms with E-state index in [0.29, 0.717) is 36.8 Å². The van der Waals surface area contributed by atoms with Gasteiger partial charge in [0.25, 0.3) is 5.91 Å². The number of amides is 2. The molecule has 0 radical (unpaired) electrons. The third kappa shape index (κ3) is 4.25. The number of aliphatic hydroxyl groups excluding tert-OH is 1. The fraction of sp³-hybridized carbons (Fsp3) is 0.375. The largest absolute Gasteiger partial charge is 0.416 e. The Kier molecular flexibility index (Phi) is 6.11. The zero-order chi connectivity index (χ0) is 24.7. The average Bonchev–Trinajstić information content (AvgIpc) is 3.28. The standard InChI is InChI=1S/C24H25F3N4O3/c1-23(10-9-20(33)30(23)2)16-7-8-19-18(14-16)28-22(31(19)11-4-12-32)29-21(34)15-5-3-6-17(13-15)24(25,26)27/h3,5-8,13-14,32H,4,9-12H2,1-2H3,(H,28,29,34)/t23-/m1/s1. The number of imidazole rings is 1. The van der Waals surface area contributed by atoms with E-state index in [1.54, 1.807) is 16.5 Å². The fourth-order valence-corrected chi connectivity index (χ4v) is 4.32. The summed E-state index contributed by atoms with van der Waals surface area (Å²) in [5.74, 6) is -0.492. The molecule has 0 spiro atoms.